The van der Waals surface area contributed by atoms with Crippen molar-refractivity contribution in [2.45, 2.75) is 43.6 Å². The van der Waals surface area contributed by atoms with Gasteiger partial charge in [0.05, 0.1) is 13.2 Å². The standard InChI is InChI=1S/C23H31N5O6S/c1-27-19(22(30)28(9-11-29)10-12-34-2)14-20(25-27)35(32,33)26-23(31)24-21-17-7-3-5-15(17)13-16-6-4-8-18(16)21/h13-14,29H,3-12H2,1-2H3,(H2,24,26,31). The van der Waals surface area contributed by atoms with E-state index in [0.29, 0.717) is 0 Å². The summed E-state index contributed by atoms with van der Waals surface area (Å²) < 4.78 is 34.0. The quantitative estimate of drug-likeness (QED) is 0.461. The van der Waals surface area contributed by atoms with Crippen molar-refractivity contribution in [3.8, 4) is 0 Å². The molecule has 11 nitrogen and oxygen atoms in total. The van der Waals surface area contributed by atoms with Crippen LogP contribution in [0.4, 0.5) is 10.5 Å². The Labute approximate surface area is 204 Å². The molecule has 0 aliphatic heterocycles. The van der Waals surface area contributed by atoms with Crippen LogP contribution in [0.1, 0.15) is 45.6 Å². The molecule has 1 aromatic heterocycles. The van der Waals surface area contributed by atoms with Crippen LogP contribution in [-0.4, -0.2) is 73.6 Å². The normalized spacial score (nSPS) is 14.5. The number of aryl methyl sites for hydroxylation is 3. The van der Waals surface area contributed by atoms with Gasteiger partial charge in [0.1, 0.15) is 5.69 Å². The molecule has 12 heteroatoms. The number of sulfonamides is 1. The molecule has 0 radical (unpaired) electrons. The summed E-state index contributed by atoms with van der Waals surface area (Å²) >= 11 is 0. The van der Waals surface area contributed by atoms with Gasteiger partial charge in [0.25, 0.3) is 15.9 Å². The first-order valence-electron chi connectivity index (χ1n) is 11.7. The van der Waals surface area contributed by atoms with Gasteiger partial charge in [-0.1, -0.05) is 6.07 Å². The van der Waals surface area contributed by atoms with Crippen molar-refractivity contribution in [2.24, 2.45) is 7.05 Å². The number of nitrogens with zero attached hydrogens (tertiary/aromatic N) is 3. The molecule has 3 amide bonds. The van der Waals surface area contributed by atoms with Crippen LogP contribution in [0.5, 0.6) is 0 Å². The van der Waals surface area contributed by atoms with E-state index in [0.717, 1.165) is 66.1 Å². The van der Waals surface area contributed by atoms with Crippen molar-refractivity contribution in [1.29, 1.82) is 0 Å². The Morgan fingerprint density at radius 2 is 1.77 bits per heavy atom. The summed E-state index contributed by atoms with van der Waals surface area (Å²) in [6, 6.07) is 2.48. The maximum absolute atomic E-state index is 12.9. The fourth-order valence-electron chi connectivity index (χ4n) is 4.85. The molecule has 0 fully saturated rings. The number of aliphatic hydroxyl groups excluding tert-OH is 1. The lowest BCUT2D eigenvalue weighted by atomic mass is 9.99. The highest BCUT2D eigenvalue weighted by molar-refractivity contribution is 7.90. The molecule has 1 heterocycles. The second-order valence-corrected chi connectivity index (χ2v) is 10.4. The molecule has 0 saturated heterocycles. The summed E-state index contributed by atoms with van der Waals surface area (Å²) in [5.41, 5.74) is 5.35. The van der Waals surface area contributed by atoms with E-state index in [1.165, 1.54) is 30.2 Å². The summed E-state index contributed by atoms with van der Waals surface area (Å²) in [6.45, 7) is 0.272. The van der Waals surface area contributed by atoms with Crippen LogP contribution in [0, 0.1) is 0 Å². The van der Waals surface area contributed by atoms with E-state index in [2.05, 4.69) is 16.5 Å². The average Bonchev–Trinajstić information content (AvgIpc) is 3.55. The summed E-state index contributed by atoms with van der Waals surface area (Å²) in [6.07, 6.45) is 5.64. The Kier molecular flexibility index (Phi) is 7.43. The van der Waals surface area contributed by atoms with Crippen LogP contribution < -0.4 is 10.0 Å². The number of amides is 3. The number of rotatable bonds is 9. The Balaban J connectivity index is 1.52. The lowest BCUT2D eigenvalue weighted by molar-refractivity contribution is 0.0646. The van der Waals surface area contributed by atoms with Gasteiger partial charge in [0.15, 0.2) is 5.03 Å². The number of nitrogens with one attached hydrogen (secondary N) is 2. The Bertz CT molecular complexity index is 1210. The molecule has 190 valence electrons. The Morgan fingerprint density at radius 3 is 2.37 bits per heavy atom. The van der Waals surface area contributed by atoms with Crippen LogP contribution in [0.3, 0.4) is 0 Å². The predicted octanol–water partition coefficient (Wildman–Crippen LogP) is 0.989. The van der Waals surface area contributed by atoms with Gasteiger partial charge >= 0.3 is 6.03 Å². The zero-order valence-corrected chi connectivity index (χ0v) is 20.8. The monoisotopic (exact) mass is 505 g/mol. The third kappa shape index (κ3) is 5.19. The zero-order chi connectivity index (χ0) is 25.2. The van der Waals surface area contributed by atoms with Gasteiger partial charge in [-0.3, -0.25) is 9.48 Å². The van der Waals surface area contributed by atoms with E-state index in [9.17, 15) is 23.1 Å². The van der Waals surface area contributed by atoms with Gasteiger partial charge in [-0.05, 0) is 60.8 Å². The Hall–Kier alpha value is -2.96. The number of hydrogen-bond donors (Lipinski definition) is 3. The third-order valence-corrected chi connectivity index (χ3v) is 7.72. The average molecular weight is 506 g/mol. The van der Waals surface area contributed by atoms with Gasteiger partial charge in [0.2, 0.25) is 0 Å². The fraction of sp³-hybridized carbons (Fsp3) is 0.522. The molecule has 3 N–H and O–H groups in total. The van der Waals surface area contributed by atoms with Crippen LogP contribution in [0.2, 0.25) is 0 Å². The van der Waals surface area contributed by atoms with E-state index < -0.39 is 27.0 Å². The van der Waals surface area contributed by atoms with Gasteiger partial charge in [0, 0.05) is 39.0 Å². The lowest BCUT2D eigenvalue weighted by Gasteiger charge is -2.21. The molecule has 0 saturated carbocycles. The molecule has 2 aliphatic rings. The first kappa shape index (κ1) is 25.1. The number of fused-ring (bicyclic) bond motifs is 2. The smallest absolute Gasteiger partial charge is 0.333 e. The number of benzene rings is 1. The molecule has 2 aromatic rings. The summed E-state index contributed by atoms with van der Waals surface area (Å²) in [5.74, 6) is -0.507. The Morgan fingerprint density at radius 1 is 1.11 bits per heavy atom. The van der Waals surface area contributed by atoms with Gasteiger partial charge in [-0.25, -0.2) is 9.52 Å². The van der Waals surface area contributed by atoms with Gasteiger partial charge < -0.3 is 20.1 Å². The van der Waals surface area contributed by atoms with Crippen LogP contribution in [0.25, 0.3) is 0 Å². The highest BCUT2D eigenvalue weighted by Gasteiger charge is 2.29. The number of carbonyl (C=O) groups excluding carboxylic acids is 2. The highest BCUT2D eigenvalue weighted by atomic mass is 32.2. The molecule has 0 unspecified atom stereocenters. The maximum atomic E-state index is 12.9. The highest BCUT2D eigenvalue weighted by Crippen LogP contribution is 2.38. The van der Waals surface area contributed by atoms with Crippen molar-refractivity contribution >= 4 is 27.6 Å². The number of urea groups is 1. The first-order valence-corrected chi connectivity index (χ1v) is 13.2. The number of carbonyl (C=O) groups is 2. The molecule has 2 aliphatic carbocycles. The molecule has 1 aromatic carbocycles. The van der Waals surface area contributed by atoms with Crippen LogP contribution in [-0.2, 0) is 47.5 Å². The molecule has 0 spiro atoms. The number of aromatic nitrogens is 2. The van der Waals surface area contributed by atoms with Gasteiger partial charge in [-0.15, -0.1) is 0 Å². The molecule has 0 bridgehead atoms. The molecule has 35 heavy (non-hydrogen) atoms. The molecular formula is C23H31N5O6S. The number of hydrogen-bond acceptors (Lipinski definition) is 7. The first-order chi connectivity index (χ1) is 16.7. The van der Waals surface area contributed by atoms with Crippen LogP contribution in [0.15, 0.2) is 17.2 Å². The third-order valence-electron chi connectivity index (χ3n) is 6.51. The second-order valence-electron chi connectivity index (χ2n) is 8.79. The number of methoxy groups -OCH3 is 1. The summed E-state index contributed by atoms with van der Waals surface area (Å²) in [5, 5.41) is 15.6. The fourth-order valence-corrected chi connectivity index (χ4v) is 5.75. The van der Waals surface area contributed by atoms with E-state index in [1.54, 1.807) is 0 Å². The van der Waals surface area contributed by atoms with Gasteiger partial charge in [-0.2, -0.15) is 13.5 Å². The molecule has 4 rings (SSSR count). The van der Waals surface area contributed by atoms with E-state index >= 15 is 0 Å². The van der Waals surface area contributed by atoms with Crippen molar-refractivity contribution in [2.75, 3.05) is 38.7 Å². The zero-order valence-electron chi connectivity index (χ0n) is 20.0. The summed E-state index contributed by atoms with van der Waals surface area (Å²) in [4.78, 5) is 27.0. The van der Waals surface area contributed by atoms with Crippen LogP contribution >= 0.6 is 0 Å². The minimum atomic E-state index is -4.34. The maximum Gasteiger partial charge on any atom is 0.333 e. The van der Waals surface area contributed by atoms with Crippen molar-refractivity contribution < 1.29 is 27.9 Å². The van der Waals surface area contributed by atoms with Crippen molar-refractivity contribution in [1.82, 2.24) is 19.4 Å². The topological polar surface area (TPSA) is 143 Å². The van der Waals surface area contributed by atoms with E-state index in [4.69, 9.17) is 4.74 Å². The number of aliphatic hydroxyl groups is 1. The minimum Gasteiger partial charge on any atom is -0.395 e. The molecular weight excluding hydrogens is 474 g/mol. The predicted molar refractivity (Wildman–Crippen MR) is 128 cm³/mol. The second kappa shape index (κ2) is 10.3. The van der Waals surface area contributed by atoms with Crippen molar-refractivity contribution in [3.05, 3.63) is 40.1 Å². The number of ether oxygens (including phenoxy) is 1. The van der Waals surface area contributed by atoms with E-state index in [-0.39, 0.29) is 32.0 Å². The largest absolute Gasteiger partial charge is 0.395 e. The number of anilines is 1. The summed E-state index contributed by atoms with van der Waals surface area (Å²) in [7, 11) is -1.40. The minimum absolute atomic E-state index is 0.00837. The SMILES string of the molecule is COCCN(CCO)C(=O)c1cc(S(=O)(=O)NC(=O)Nc2c3c(cc4c2CCC4)CCC3)nn1C. The van der Waals surface area contributed by atoms with E-state index in [1.807, 2.05) is 4.72 Å². The lowest BCUT2D eigenvalue weighted by Crippen LogP contribution is -2.37. The molecule has 0 atom stereocenters. The van der Waals surface area contributed by atoms with Crippen molar-refractivity contribution in [3.63, 3.8) is 0 Å².